The van der Waals surface area contributed by atoms with Crippen molar-refractivity contribution < 1.29 is 19.6 Å². The van der Waals surface area contributed by atoms with Crippen LogP contribution in [0.1, 0.15) is 11.1 Å². The number of methoxy groups -OCH3 is 1. The number of amides is 1. The lowest BCUT2D eigenvalue weighted by Crippen LogP contribution is -2.21. The number of nitrogens with zero attached hydrogens (tertiary/aromatic N) is 1. The molecule has 124 valence electrons. The topological polar surface area (TPSA) is 105 Å². The predicted molar refractivity (Wildman–Crippen MR) is 86.4 cm³/mol. The fraction of sp³-hybridized carbons (Fsp3) is 0.118. The highest BCUT2D eigenvalue weighted by molar-refractivity contribution is 5.92. The minimum absolute atomic E-state index is 0.0877. The van der Waals surface area contributed by atoms with Crippen molar-refractivity contribution in [3.8, 4) is 11.5 Å². The molecule has 0 spiro atoms. The van der Waals surface area contributed by atoms with E-state index in [1.165, 1.54) is 13.2 Å². The maximum atomic E-state index is 11.8. The number of carbonyl (C=O) groups is 1. The maximum Gasteiger partial charge on any atom is 0.269 e. The molecule has 0 unspecified atom stereocenters. The van der Waals surface area contributed by atoms with Crippen LogP contribution in [0.2, 0.25) is 0 Å². The Morgan fingerprint density at radius 3 is 2.75 bits per heavy atom. The van der Waals surface area contributed by atoms with Gasteiger partial charge in [0.25, 0.3) is 5.69 Å². The normalized spacial score (nSPS) is 10.5. The molecule has 24 heavy (non-hydrogen) atoms. The largest absolute Gasteiger partial charge is 0.872 e. The number of hydrogen-bond donors (Lipinski definition) is 1. The molecule has 7 nitrogen and oxygen atoms in total. The van der Waals surface area contributed by atoms with E-state index in [-0.39, 0.29) is 23.5 Å². The molecule has 0 aromatic heterocycles. The Morgan fingerprint density at radius 2 is 2.04 bits per heavy atom. The highest BCUT2D eigenvalue weighted by Gasteiger charge is 2.07. The zero-order chi connectivity index (χ0) is 17.5. The second-order valence-electron chi connectivity index (χ2n) is 4.84. The van der Waals surface area contributed by atoms with Gasteiger partial charge in [0.15, 0.2) is 0 Å². The van der Waals surface area contributed by atoms with Crippen LogP contribution in [0, 0.1) is 10.1 Å². The Labute approximate surface area is 138 Å². The molecule has 0 radical (unpaired) electrons. The number of non-ortho nitro benzene ring substituents is 1. The molecule has 0 bridgehead atoms. The number of rotatable bonds is 6. The molecule has 0 saturated heterocycles. The van der Waals surface area contributed by atoms with Gasteiger partial charge in [-0.2, -0.15) is 0 Å². The number of hydrogen-bond acceptors (Lipinski definition) is 5. The number of benzene rings is 2. The molecule has 0 aliphatic heterocycles. The molecule has 7 heteroatoms. The summed E-state index contributed by atoms with van der Waals surface area (Å²) in [5.74, 6) is -0.163. The summed E-state index contributed by atoms with van der Waals surface area (Å²) in [7, 11) is 1.53. The van der Waals surface area contributed by atoms with Crippen LogP contribution in [0.5, 0.6) is 11.5 Å². The van der Waals surface area contributed by atoms with Crippen molar-refractivity contribution in [2.45, 2.75) is 6.54 Å². The van der Waals surface area contributed by atoms with Gasteiger partial charge in [-0.05, 0) is 17.7 Å². The minimum Gasteiger partial charge on any atom is -0.872 e. The van der Waals surface area contributed by atoms with Crippen LogP contribution in [0.15, 0.2) is 48.5 Å². The number of nitrogens with one attached hydrogen (secondary N) is 1. The van der Waals surface area contributed by atoms with E-state index in [4.69, 9.17) is 4.74 Å². The Bertz CT molecular complexity index is 786. The van der Waals surface area contributed by atoms with Gasteiger partial charge < -0.3 is 15.2 Å². The van der Waals surface area contributed by atoms with Gasteiger partial charge in [-0.1, -0.05) is 24.3 Å². The second-order valence-corrected chi connectivity index (χ2v) is 4.84. The van der Waals surface area contributed by atoms with E-state index in [1.807, 2.05) is 12.1 Å². The van der Waals surface area contributed by atoms with Gasteiger partial charge >= 0.3 is 0 Å². The van der Waals surface area contributed by atoms with Crippen LogP contribution in [0.4, 0.5) is 5.69 Å². The number of nitro groups is 1. The molecule has 0 fully saturated rings. The monoisotopic (exact) mass is 327 g/mol. The zero-order valence-electron chi connectivity index (χ0n) is 12.9. The van der Waals surface area contributed by atoms with Gasteiger partial charge in [-0.3, -0.25) is 14.9 Å². The highest BCUT2D eigenvalue weighted by Crippen LogP contribution is 2.21. The van der Waals surface area contributed by atoms with E-state index >= 15 is 0 Å². The number of carbonyl (C=O) groups excluding carboxylic acids is 1. The van der Waals surface area contributed by atoms with Gasteiger partial charge in [0.05, 0.1) is 12.0 Å². The predicted octanol–water partition coefficient (Wildman–Crippen LogP) is 2.01. The molecule has 0 aliphatic rings. The molecule has 2 rings (SSSR count). The number of ether oxygens (including phenoxy) is 1. The molecular weight excluding hydrogens is 312 g/mol. The first kappa shape index (κ1) is 17.0. The van der Waals surface area contributed by atoms with Crippen LogP contribution >= 0.6 is 0 Å². The Balaban J connectivity index is 2.02. The van der Waals surface area contributed by atoms with E-state index in [0.717, 1.165) is 23.8 Å². The van der Waals surface area contributed by atoms with Crippen LogP contribution in [0.25, 0.3) is 6.08 Å². The van der Waals surface area contributed by atoms with Gasteiger partial charge in [0, 0.05) is 30.3 Å². The first-order valence-corrected chi connectivity index (χ1v) is 7.04. The zero-order valence-corrected chi connectivity index (χ0v) is 12.9. The van der Waals surface area contributed by atoms with Crippen molar-refractivity contribution in [2.24, 2.45) is 0 Å². The lowest BCUT2D eigenvalue weighted by Gasteiger charge is -2.12. The summed E-state index contributed by atoms with van der Waals surface area (Å²) in [6.45, 7) is -0.0877. The third kappa shape index (κ3) is 4.33. The van der Waals surface area contributed by atoms with E-state index in [9.17, 15) is 20.0 Å². The number of para-hydroxylation sites is 1. The van der Waals surface area contributed by atoms with Crippen molar-refractivity contribution in [1.29, 1.82) is 0 Å². The lowest BCUT2D eigenvalue weighted by atomic mass is 10.1. The molecular formula is C17H15N2O5-. The van der Waals surface area contributed by atoms with E-state index in [2.05, 4.69) is 5.32 Å². The number of nitro benzene ring substituents is 1. The smallest absolute Gasteiger partial charge is 0.269 e. The van der Waals surface area contributed by atoms with Crippen LogP contribution in [-0.2, 0) is 11.3 Å². The molecule has 1 N–H and O–H groups in total. The molecule has 0 saturated carbocycles. The quantitative estimate of drug-likeness (QED) is 0.496. The third-order valence-corrected chi connectivity index (χ3v) is 3.26. The summed E-state index contributed by atoms with van der Waals surface area (Å²) in [5.41, 5.74) is 0.696. The van der Waals surface area contributed by atoms with Crippen molar-refractivity contribution in [1.82, 2.24) is 5.32 Å². The Morgan fingerprint density at radius 1 is 1.29 bits per heavy atom. The molecule has 1 amide bonds. The molecule has 2 aromatic rings. The molecule has 0 aliphatic carbocycles. The average molecular weight is 327 g/mol. The summed E-state index contributed by atoms with van der Waals surface area (Å²) in [4.78, 5) is 22.0. The minimum atomic E-state index is -0.591. The van der Waals surface area contributed by atoms with Crippen molar-refractivity contribution in [2.75, 3.05) is 7.11 Å². The fourth-order valence-corrected chi connectivity index (χ4v) is 2.03. The standard InChI is InChI=1S/C17H16N2O5/c1-24-16-5-3-2-4-12(16)6-9-17(21)18-11-13-10-14(19(22)23)7-8-15(13)20/h2-10,20H,11H2,1H3,(H,18,21)/p-1/b9-6+. The van der Waals surface area contributed by atoms with Crippen molar-refractivity contribution in [3.05, 3.63) is 69.8 Å². The van der Waals surface area contributed by atoms with Gasteiger partial charge in [0.1, 0.15) is 5.75 Å². The fourth-order valence-electron chi connectivity index (χ4n) is 2.03. The summed E-state index contributed by atoms with van der Waals surface area (Å²) in [6, 6.07) is 10.6. The average Bonchev–Trinajstić information content (AvgIpc) is 2.59. The van der Waals surface area contributed by atoms with E-state index < -0.39 is 10.8 Å². The summed E-state index contributed by atoms with van der Waals surface area (Å²) in [6.07, 6.45) is 2.89. The lowest BCUT2D eigenvalue weighted by molar-refractivity contribution is -0.385. The maximum absolute atomic E-state index is 11.8. The van der Waals surface area contributed by atoms with Crippen LogP contribution in [-0.4, -0.2) is 17.9 Å². The van der Waals surface area contributed by atoms with Gasteiger partial charge in [0.2, 0.25) is 5.91 Å². The Kier molecular flexibility index (Phi) is 5.51. The van der Waals surface area contributed by atoms with Gasteiger partial charge in [-0.25, -0.2) is 0 Å². The van der Waals surface area contributed by atoms with Crippen molar-refractivity contribution >= 4 is 17.7 Å². The summed E-state index contributed by atoms with van der Waals surface area (Å²) in [5, 5.41) is 24.9. The molecule has 0 heterocycles. The van der Waals surface area contributed by atoms with Crippen molar-refractivity contribution in [3.63, 3.8) is 0 Å². The third-order valence-electron chi connectivity index (χ3n) is 3.26. The van der Waals surface area contributed by atoms with E-state index in [1.54, 1.807) is 18.2 Å². The van der Waals surface area contributed by atoms with Crippen LogP contribution in [0.3, 0.4) is 0 Å². The SMILES string of the molecule is COc1ccccc1/C=C/C(=O)NCc1cc([N+](=O)[O-])ccc1[O-]. The van der Waals surface area contributed by atoms with Gasteiger partial charge in [-0.15, -0.1) is 5.75 Å². The second kappa shape index (κ2) is 7.77. The molecule has 0 atom stereocenters. The summed E-state index contributed by atoms with van der Waals surface area (Å²) >= 11 is 0. The van der Waals surface area contributed by atoms with E-state index in [0.29, 0.717) is 5.75 Å². The Hall–Kier alpha value is -3.35. The molecule has 2 aromatic carbocycles. The van der Waals surface area contributed by atoms with Crippen LogP contribution < -0.4 is 15.2 Å². The highest BCUT2D eigenvalue weighted by atomic mass is 16.6. The summed E-state index contributed by atoms with van der Waals surface area (Å²) < 4.78 is 5.17. The first-order valence-electron chi connectivity index (χ1n) is 7.04. The first-order chi connectivity index (χ1) is 11.5.